The largest absolute Gasteiger partial charge is 0.495 e. The molecule has 5 rings (SSSR count). The zero-order chi connectivity index (χ0) is 29.6. The molecule has 214 valence electrons. The summed E-state index contributed by atoms with van der Waals surface area (Å²) in [6, 6.07) is 37.4. The van der Waals surface area contributed by atoms with E-state index in [-0.39, 0.29) is 15.5 Å². The van der Waals surface area contributed by atoms with Gasteiger partial charge in [-0.3, -0.25) is 9.44 Å². The van der Waals surface area contributed by atoms with Gasteiger partial charge in [0.15, 0.2) is 0 Å². The average Bonchev–Trinajstić information content (AvgIpc) is 2.99. The van der Waals surface area contributed by atoms with Gasteiger partial charge in [-0.15, -0.1) is 0 Å². The predicted octanol–water partition coefficient (Wildman–Crippen LogP) is 6.48. The van der Waals surface area contributed by atoms with Gasteiger partial charge in [0.25, 0.3) is 20.0 Å². The van der Waals surface area contributed by atoms with Crippen LogP contribution < -0.4 is 14.2 Å². The third-order valence-electron chi connectivity index (χ3n) is 6.73. The number of anilines is 2. The van der Waals surface area contributed by atoms with Crippen LogP contribution >= 0.6 is 0 Å². The van der Waals surface area contributed by atoms with E-state index in [0.29, 0.717) is 24.2 Å². The number of rotatable bonds is 11. The number of nitrogens with one attached hydrogen (secondary N) is 2. The summed E-state index contributed by atoms with van der Waals surface area (Å²) in [4.78, 5) is -0.504. The summed E-state index contributed by atoms with van der Waals surface area (Å²) in [5, 5.41) is 0. The Morgan fingerprint density at radius 3 is 1.50 bits per heavy atom. The first kappa shape index (κ1) is 28.9. The number of para-hydroxylation sites is 2. The molecule has 0 fully saturated rings. The molecule has 0 aliphatic rings. The lowest BCUT2D eigenvalue weighted by molar-refractivity contribution is 0.402. The molecule has 0 heterocycles. The van der Waals surface area contributed by atoms with Gasteiger partial charge in [-0.2, -0.15) is 0 Å². The zero-order valence-electron chi connectivity index (χ0n) is 22.9. The Morgan fingerprint density at radius 2 is 1.00 bits per heavy atom. The van der Waals surface area contributed by atoms with E-state index < -0.39 is 20.0 Å². The van der Waals surface area contributed by atoms with E-state index >= 15 is 0 Å². The highest BCUT2D eigenvalue weighted by molar-refractivity contribution is 7.93. The van der Waals surface area contributed by atoms with Gasteiger partial charge >= 0.3 is 0 Å². The Morgan fingerprint density at radius 1 is 0.548 bits per heavy atom. The summed E-state index contributed by atoms with van der Waals surface area (Å²) < 4.78 is 65.0. The fourth-order valence-corrected chi connectivity index (χ4v) is 7.12. The van der Waals surface area contributed by atoms with Gasteiger partial charge in [0.2, 0.25) is 0 Å². The van der Waals surface area contributed by atoms with E-state index in [1.165, 1.54) is 19.2 Å². The molecule has 0 aliphatic carbocycles. The van der Waals surface area contributed by atoms with Crippen molar-refractivity contribution in [1.82, 2.24) is 0 Å². The highest BCUT2D eigenvalue weighted by atomic mass is 32.2. The molecular formula is C33H30N2O5S2. The highest BCUT2D eigenvalue weighted by Gasteiger charge is 2.25. The van der Waals surface area contributed by atoms with Crippen LogP contribution in [0.25, 0.3) is 0 Å². The monoisotopic (exact) mass is 598 g/mol. The first-order chi connectivity index (χ1) is 20.2. The van der Waals surface area contributed by atoms with Crippen LogP contribution in [0.2, 0.25) is 0 Å². The molecule has 0 radical (unpaired) electrons. The van der Waals surface area contributed by atoms with Crippen molar-refractivity contribution in [1.29, 1.82) is 0 Å². The quantitative estimate of drug-likeness (QED) is 0.181. The van der Waals surface area contributed by atoms with Gasteiger partial charge in [0.05, 0.1) is 23.4 Å². The van der Waals surface area contributed by atoms with Crippen molar-refractivity contribution in [3.05, 3.63) is 150 Å². The molecule has 0 atom stereocenters. The van der Waals surface area contributed by atoms with E-state index in [2.05, 4.69) is 9.44 Å². The maximum atomic E-state index is 13.7. The molecule has 42 heavy (non-hydrogen) atoms. The lowest BCUT2D eigenvalue weighted by atomic mass is 10.0. The smallest absolute Gasteiger partial charge is 0.265 e. The van der Waals surface area contributed by atoms with Crippen LogP contribution in [0, 0.1) is 0 Å². The lowest BCUT2D eigenvalue weighted by Crippen LogP contribution is -2.18. The second-order valence-corrected chi connectivity index (χ2v) is 13.0. The summed E-state index contributed by atoms with van der Waals surface area (Å²) in [5.74, 6) is 0.0199. The minimum absolute atomic E-state index is 0.0199. The van der Waals surface area contributed by atoms with Gasteiger partial charge < -0.3 is 4.74 Å². The minimum atomic E-state index is -4.24. The van der Waals surface area contributed by atoms with Crippen LogP contribution in [0.1, 0.15) is 22.3 Å². The van der Waals surface area contributed by atoms with Crippen LogP contribution in [0.3, 0.4) is 0 Å². The van der Waals surface area contributed by atoms with Crippen molar-refractivity contribution in [2.75, 3.05) is 16.6 Å². The van der Waals surface area contributed by atoms with E-state index in [1.807, 2.05) is 84.9 Å². The van der Waals surface area contributed by atoms with Gasteiger partial charge in [-0.25, -0.2) is 16.8 Å². The molecule has 0 bridgehead atoms. The Labute approximate surface area is 246 Å². The van der Waals surface area contributed by atoms with Crippen molar-refractivity contribution < 1.29 is 21.6 Å². The third kappa shape index (κ3) is 6.82. The first-order valence-electron chi connectivity index (χ1n) is 13.2. The summed E-state index contributed by atoms with van der Waals surface area (Å²) in [6.45, 7) is 0. The van der Waals surface area contributed by atoms with Crippen LogP contribution in [0.5, 0.6) is 5.75 Å². The number of methoxy groups -OCH3 is 1. The first-order valence-corrected chi connectivity index (χ1v) is 16.2. The van der Waals surface area contributed by atoms with Crippen molar-refractivity contribution >= 4 is 31.4 Å². The molecule has 5 aromatic rings. The van der Waals surface area contributed by atoms with Gasteiger partial charge in [0, 0.05) is 0 Å². The normalized spacial score (nSPS) is 11.5. The van der Waals surface area contributed by atoms with E-state index in [0.717, 1.165) is 28.3 Å². The summed E-state index contributed by atoms with van der Waals surface area (Å²) >= 11 is 0. The number of hydrogen-bond acceptors (Lipinski definition) is 5. The second-order valence-electron chi connectivity index (χ2n) is 9.66. The molecule has 2 N–H and O–H groups in total. The molecular weight excluding hydrogens is 569 g/mol. The fourth-order valence-electron chi connectivity index (χ4n) is 4.62. The van der Waals surface area contributed by atoms with Crippen LogP contribution in [0.4, 0.5) is 11.4 Å². The SMILES string of the molecule is COc1ccc(S(=O)(=O)Nc2ccccc2Cc2ccccc2)cc1S(=O)(=O)Nc1ccccc1Cc1ccccc1. The highest BCUT2D eigenvalue weighted by Crippen LogP contribution is 2.31. The van der Waals surface area contributed by atoms with Crippen LogP contribution in [0.15, 0.2) is 137 Å². The molecule has 9 heteroatoms. The van der Waals surface area contributed by atoms with Crippen LogP contribution in [-0.2, 0) is 32.9 Å². The standard InChI is InChI=1S/C33H30N2O5S2/c1-40-32-21-20-29(41(36,37)34-30-18-10-8-16-27(30)22-25-12-4-2-5-13-25)24-33(32)42(38,39)35-31-19-11-9-17-28(31)23-26-14-6-3-7-15-26/h2-21,24,34-35H,22-23H2,1H3. The van der Waals surface area contributed by atoms with Gasteiger partial charge in [-0.05, 0) is 65.4 Å². The topological polar surface area (TPSA) is 102 Å². The molecule has 0 aromatic heterocycles. The van der Waals surface area contributed by atoms with E-state index in [1.54, 1.807) is 24.3 Å². The predicted molar refractivity (Wildman–Crippen MR) is 166 cm³/mol. The molecule has 0 saturated heterocycles. The van der Waals surface area contributed by atoms with Crippen molar-refractivity contribution in [2.24, 2.45) is 0 Å². The molecule has 0 aliphatic heterocycles. The van der Waals surface area contributed by atoms with E-state index in [9.17, 15) is 16.8 Å². The summed E-state index contributed by atoms with van der Waals surface area (Å²) in [5.41, 5.74) is 4.41. The second kappa shape index (κ2) is 12.5. The number of hydrogen-bond donors (Lipinski definition) is 2. The van der Waals surface area contributed by atoms with Gasteiger partial charge in [0.1, 0.15) is 10.6 Å². The molecule has 0 amide bonds. The number of sulfonamides is 2. The fraction of sp³-hybridized carbons (Fsp3) is 0.0909. The van der Waals surface area contributed by atoms with Crippen LogP contribution in [-0.4, -0.2) is 23.9 Å². The summed E-state index contributed by atoms with van der Waals surface area (Å²) in [7, 11) is -7.06. The maximum Gasteiger partial charge on any atom is 0.265 e. The molecule has 5 aromatic carbocycles. The van der Waals surface area contributed by atoms with Crippen molar-refractivity contribution in [2.45, 2.75) is 22.6 Å². The average molecular weight is 599 g/mol. The lowest BCUT2D eigenvalue weighted by Gasteiger charge is -2.17. The maximum absolute atomic E-state index is 13.7. The Hall–Kier alpha value is -4.60. The minimum Gasteiger partial charge on any atom is -0.495 e. The van der Waals surface area contributed by atoms with Crippen molar-refractivity contribution in [3.63, 3.8) is 0 Å². The molecule has 0 saturated carbocycles. The molecule has 0 spiro atoms. The van der Waals surface area contributed by atoms with E-state index in [4.69, 9.17) is 4.74 Å². The molecule has 7 nitrogen and oxygen atoms in total. The van der Waals surface area contributed by atoms with Gasteiger partial charge in [-0.1, -0.05) is 97.1 Å². The molecule has 0 unspecified atom stereocenters. The third-order valence-corrected chi connectivity index (χ3v) is 9.48. The Balaban J connectivity index is 1.45. The van der Waals surface area contributed by atoms with Crippen molar-refractivity contribution in [3.8, 4) is 5.75 Å². The number of ether oxygens (including phenoxy) is 1. The summed E-state index contributed by atoms with van der Waals surface area (Å²) in [6.07, 6.45) is 1.03. The number of benzene rings is 5. The zero-order valence-corrected chi connectivity index (χ0v) is 24.5. The Bertz CT molecular complexity index is 1890. The Kier molecular flexibility index (Phi) is 8.61.